The maximum absolute atomic E-state index is 12.3. The Labute approximate surface area is 131 Å². The Kier molecular flexibility index (Phi) is 5.42. The van der Waals surface area contributed by atoms with Gasteiger partial charge in [0.15, 0.2) is 17.3 Å². The standard InChI is InChI=1S/C19H24O3/c1-3-4-5-6-7-8-17(20)16-12-14-11-13(2)9-10-15(14)18(21)19(16)22/h9-12,21-22H,3-8H2,1-2H3. The number of aromatic hydroxyl groups is 2. The molecule has 0 amide bonds. The van der Waals surface area contributed by atoms with Crippen LogP contribution in [0.25, 0.3) is 10.8 Å². The molecule has 2 aromatic rings. The van der Waals surface area contributed by atoms with E-state index in [1.165, 1.54) is 12.8 Å². The molecule has 2 aromatic carbocycles. The highest BCUT2D eigenvalue weighted by Crippen LogP contribution is 2.38. The van der Waals surface area contributed by atoms with Crippen molar-refractivity contribution in [2.24, 2.45) is 0 Å². The lowest BCUT2D eigenvalue weighted by Crippen LogP contribution is -2.00. The lowest BCUT2D eigenvalue weighted by molar-refractivity contribution is 0.0976. The number of ketones is 1. The second kappa shape index (κ2) is 7.30. The number of hydrogen-bond acceptors (Lipinski definition) is 3. The van der Waals surface area contributed by atoms with E-state index in [4.69, 9.17) is 0 Å². The lowest BCUT2D eigenvalue weighted by atomic mass is 9.97. The summed E-state index contributed by atoms with van der Waals surface area (Å²) >= 11 is 0. The number of rotatable bonds is 7. The SMILES string of the molecule is CCCCCCCC(=O)c1cc2cc(C)ccc2c(O)c1O. The highest BCUT2D eigenvalue weighted by molar-refractivity contribution is 6.05. The molecule has 3 nitrogen and oxygen atoms in total. The minimum absolute atomic E-state index is 0.104. The topological polar surface area (TPSA) is 57.5 Å². The fourth-order valence-corrected chi connectivity index (χ4v) is 2.73. The van der Waals surface area contributed by atoms with Crippen LogP contribution in [0.3, 0.4) is 0 Å². The Morgan fingerprint density at radius 1 is 1.00 bits per heavy atom. The van der Waals surface area contributed by atoms with Crippen molar-refractivity contribution in [3.8, 4) is 11.5 Å². The van der Waals surface area contributed by atoms with E-state index in [0.717, 1.165) is 30.2 Å². The number of benzene rings is 2. The fourth-order valence-electron chi connectivity index (χ4n) is 2.73. The summed E-state index contributed by atoms with van der Waals surface area (Å²) in [6.07, 6.45) is 5.76. The number of fused-ring (bicyclic) bond motifs is 1. The predicted octanol–water partition coefficient (Wildman–Crippen LogP) is 5.10. The molecule has 0 spiro atoms. The summed E-state index contributed by atoms with van der Waals surface area (Å²) in [4.78, 5) is 12.3. The van der Waals surface area contributed by atoms with Gasteiger partial charge in [-0.2, -0.15) is 0 Å². The van der Waals surface area contributed by atoms with Crippen molar-refractivity contribution in [2.75, 3.05) is 0 Å². The van der Waals surface area contributed by atoms with E-state index in [1.807, 2.05) is 19.1 Å². The molecular weight excluding hydrogens is 276 g/mol. The van der Waals surface area contributed by atoms with Crippen molar-refractivity contribution in [3.63, 3.8) is 0 Å². The van der Waals surface area contributed by atoms with Crippen molar-refractivity contribution in [2.45, 2.75) is 52.4 Å². The molecule has 0 aromatic heterocycles. The molecule has 0 aliphatic rings. The summed E-state index contributed by atoms with van der Waals surface area (Å²) in [5.74, 6) is -0.602. The molecule has 0 bridgehead atoms. The highest BCUT2D eigenvalue weighted by Gasteiger charge is 2.17. The molecule has 0 saturated carbocycles. The number of phenolic OH excluding ortho intramolecular Hbond substituents is 2. The molecular formula is C19H24O3. The number of unbranched alkanes of at least 4 members (excludes halogenated alkanes) is 4. The van der Waals surface area contributed by atoms with Crippen LogP contribution in [-0.4, -0.2) is 16.0 Å². The second-order valence-corrected chi connectivity index (χ2v) is 5.93. The van der Waals surface area contributed by atoms with E-state index in [0.29, 0.717) is 11.8 Å². The molecule has 3 heteroatoms. The first-order valence-electron chi connectivity index (χ1n) is 8.03. The molecule has 0 aliphatic heterocycles. The fraction of sp³-hybridized carbons (Fsp3) is 0.421. The third-order valence-electron chi connectivity index (χ3n) is 4.05. The molecule has 0 atom stereocenters. The van der Waals surface area contributed by atoms with Gasteiger partial charge in [0.2, 0.25) is 0 Å². The van der Waals surface area contributed by atoms with E-state index in [9.17, 15) is 15.0 Å². The smallest absolute Gasteiger partial charge is 0.169 e. The van der Waals surface area contributed by atoms with Crippen LogP contribution in [0.15, 0.2) is 24.3 Å². The summed E-state index contributed by atoms with van der Waals surface area (Å²) in [7, 11) is 0. The maximum atomic E-state index is 12.3. The van der Waals surface area contributed by atoms with Gasteiger partial charge in [-0.3, -0.25) is 4.79 Å². The van der Waals surface area contributed by atoms with Gasteiger partial charge in [-0.1, -0.05) is 56.4 Å². The highest BCUT2D eigenvalue weighted by atomic mass is 16.3. The maximum Gasteiger partial charge on any atom is 0.169 e. The van der Waals surface area contributed by atoms with Crippen molar-refractivity contribution in [1.29, 1.82) is 0 Å². The largest absolute Gasteiger partial charge is 0.504 e. The summed E-state index contributed by atoms with van der Waals surface area (Å²) in [6, 6.07) is 7.23. The average molecular weight is 300 g/mol. The quantitative estimate of drug-likeness (QED) is 0.425. The van der Waals surface area contributed by atoms with Gasteiger partial charge in [-0.15, -0.1) is 0 Å². The molecule has 0 fully saturated rings. The van der Waals surface area contributed by atoms with Crippen LogP contribution < -0.4 is 0 Å². The normalized spacial score (nSPS) is 11.0. The van der Waals surface area contributed by atoms with E-state index >= 15 is 0 Å². The van der Waals surface area contributed by atoms with Gasteiger partial charge in [-0.05, 0) is 24.8 Å². The summed E-state index contributed by atoms with van der Waals surface area (Å²) in [5.41, 5.74) is 1.28. The molecule has 22 heavy (non-hydrogen) atoms. The van der Waals surface area contributed by atoms with Crippen molar-refractivity contribution in [1.82, 2.24) is 0 Å². The van der Waals surface area contributed by atoms with Gasteiger partial charge in [0, 0.05) is 11.8 Å². The third kappa shape index (κ3) is 3.59. The van der Waals surface area contributed by atoms with Gasteiger partial charge in [0.25, 0.3) is 0 Å². The van der Waals surface area contributed by atoms with Gasteiger partial charge in [-0.25, -0.2) is 0 Å². The van der Waals surface area contributed by atoms with Crippen molar-refractivity contribution >= 4 is 16.6 Å². The van der Waals surface area contributed by atoms with Crippen LogP contribution in [0.2, 0.25) is 0 Å². The zero-order chi connectivity index (χ0) is 16.1. The molecule has 0 saturated heterocycles. The van der Waals surface area contributed by atoms with E-state index < -0.39 is 0 Å². The number of Topliss-reactive ketones (excluding diaryl/α,β-unsaturated/α-hetero) is 1. The molecule has 2 rings (SSSR count). The minimum Gasteiger partial charge on any atom is -0.504 e. The lowest BCUT2D eigenvalue weighted by Gasteiger charge is -2.10. The molecule has 0 heterocycles. The molecule has 2 N–H and O–H groups in total. The monoisotopic (exact) mass is 300 g/mol. The van der Waals surface area contributed by atoms with Crippen molar-refractivity contribution in [3.05, 3.63) is 35.4 Å². The first-order chi connectivity index (χ1) is 10.5. The predicted molar refractivity (Wildman–Crippen MR) is 89.7 cm³/mol. The van der Waals surface area contributed by atoms with Gasteiger partial charge >= 0.3 is 0 Å². The van der Waals surface area contributed by atoms with E-state index in [1.54, 1.807) is 12.1 Å². The second-order valence-electron chi connectivity index (χ2n) is 5.93. The Bertz CT molecular complexity index is 674. The van der Waals surface area contributed by atoms with Crippen LogP contribution in [-0.2, 0) is 0 Å². The van der Waals surface area contributed by atoms with Crippen LogP contribution in [0.1, 0.15) is 61.4 Å². The molecule has 0 unspecified atom stereocenters. The van der Waals surface area contributed by atoms with Crippen LogP contribution in [0.5, 0.6) is 11.5 Å². The van der Waals surface area contributed by atoms with Gasteiger partial charge in [0.1, 0.15) is 0 Å². The summed E-state index contributed by atoms with van der Waals surface area (Å²) in [5, 5.41) is 21.6. The first-order valence-corrected chi connectivity index (χ1v) is 8.03. The van der Waals surface area contributed by atoms with Gasteiger partial charge in [0.05, 0.1) is 5.56 Å². The zero-order valence-corrected chi connectivity index (χ0v) is 13.4. The minimum atomic E-state index is -0.296. The Morgan fingerprint density at radius 2 is 1.73 bits per heavy atom. The molecule has 0 aliphatic carbocycles. The molecule has 0 radical (unpaired) electrons. The molecule has 118 valence electrons. The Hall–Kier alpha value is -2.03. The van der Waals surface area contributed by atoms with Crippen LogP contribution >= 0.6 is 0 Å². The number of hydrogen-bond donors (Lipinski definition) is 2. The Balaban J connectivity index is 2.19. The van der Waals surface area contributed by atoms with E-state index in [-0.39, 0.29) is 22.8 Å². The first kappa shape index (κ1) is 16.3. The summed E-state index contributed by atoms with van der Waals surface area (Å²) < 4.78 is 0. The Morgan fingerprint density at radius 3 is 2.45 bits per heavy atom. The van der Waals surface area contributed by atoms with E-state index in [2.05, 4.69) is 6.92 Å². The van der Waals surface area contributed by atoms with Gasteiger partial charge < -0.3 is 10.2 Å². The average Bonchev–Trinajstić information content (AvgIpc) is 2.50. The van der Waals surface area contributed by atoms with Crippen LogP contribution in [0, 0.1) is 6.92 Å². The number of aryl methyl sites for hydroxylation is 1. The number of phenols is 2. The zero-order valence-electron chi connectivity index (χ0n) is 13.4. The van der Waals surface area contributed by atoms with Crippen molar-refractivity contribution < 1.29 is 15.0 Å². The number of carbonyl (C=O) groups is 1. The number of carbonyl (C=O) groups excluding carboxylic acids is 1. The summed E-state index contributed by atoms with van der Waals surface area (Å²) in [6.45, 7) is 4.11. The third-order valence-corrected chi connectivity index (χ3v) is 4.05. The van der Waals surface area contributed by atoms with Crippen LogP contribution in [0.4, 0.5) is 0 Å².